The average molecular weight is 408 g/mol. The number of aromatic hydroxyl groups is 1. The van der Waals surface area contributed by atoms with Gasteiger partial charge in [0.25, 0.3) is 0 Å². The number of carboxylic acid groups (broad SMARTS) is 1. The van der Waals surface area contributed by atoms with Gasteiger partial charge in [0.1, 0.15) is 29.8 Å². The van der Waals surface area contributed by atoms with Gasteiger partial charge in [0, 0.05) is 11.1 Å². The van der Waals surface area contributed by atoms with Gasteiger partial charge >= 0.3 is 5.97 Å². The summed E-state index contributed by atoms with van der Waals surface area (Å²) in [5.74, 6) is -0.497. The summed E-state index contributed by atoms with van der Waals surface area (Å²) in [6.07, 6.45) is 0.354. The number of carbonyl (C=O) groups is 1. The van der Waals surface area contributed by atoms with Gasteiger partial charge in [-0.25, -0.2) is 4.79 Å². The van der Waals surface area contributed by atoms with Crippen molar-refractivity contribution in [2.24, 2.45) is 5.92 Å². The number of aliphatic hydroxyl groups excluding tert-OH is 3. The standard InChI is InChI=1S/C21H28O8/c1-12(2)4-3-5-13(20(26)27)6-7-14-10-15(22)8-9-17(14)29-21-19(25)18(24)16(23)11-28-21/h3-4,6,8-10,12,16,18-19,21-25H,5,7,11H2,1-2H3,(H,26,27)/b4-3+,13-6+/t16-,18+,19-,21+/m1/s1. The number of benzene rings is 1. The minimum absolute atomic E-state index is 0.0297. The molecule has 5 N–H and O–H groups in total. The third-order valence-electron chi connectivity index (χ3n) is 4.44. The van der Waals surface area contributed by atoms with Crippen molar-refractivity contribution < 1.29 is 39.8 Å². The van der Waals surface area contributed by atoms with E-state index in [9.17, 15) is 30.3 Å². The zero-order chi connectivity index (χ0) is 21.6. The molecule has 4 atom stereocenters. The first-order valence-corrected chi connectivity index (χ1v) is 9.42. The first-order valence-electron chi connectivity index (χ1n) is 9.42. The zero-order valence-electron chi connectivity index (χ0n) is 16.4. The molecular formula is C21H28O8. The number of phenolic OH excluding ortho intramolecular Hbond substituents is 1. The Labute approximate surface area is 169 Å². The first kappa shape index (κ1) is 22.9. The van der Waals surface area contributed by atoms with Gasteiger partial charge in [-0.15, -0.1) is 0 Å². The summed E-state index contributed by atoms with van der Waals surface area (Å²) >= 11 is 0. The van der Waals surface area contributed by atoms with Crippen molar-refractivity contribution in [2.75, 3.05) is 6.61 Å². The highest BCUT2D eigenvalue weighted by Crippen LogP contribution is 2.28. The number of allylic oxidation sites excluding steroid dienone is 3. The van der Waals surface area contributed by atoms with Gasteiger partial charge in [0.15, 0.2) is 0 Å². The third-order valence-corrected chi connectivity index (χ3v) is 4.44. The number of rotatable bonds is 8. The Morgan fingerprint density at radius 2 is 2.00 bits per heavy atom. The number of hydrogen-bond acceptors (Lipinski definition) is 7. The van der Waals surface area contributed by atoms with E-state index in [1.807, 2.05) is 19.9 Å². The molecule has 1 fully saturated rings. The van der Waals surface area contributed by atoms with Crippen LogP contribution in [0.2, 0.25) is 0 Å². The van der Waals surface area contributed by atoms with Crippen LogP contribution in [-0.4, -0.2) is 62.7 Å². The molecule has 0 saturated carbocycles. The van der Waals surface area contributed by atoms with Crippen LogP contribution in [0.3, 0.4) is 0 Å². The van der Waals surface area contributed by atoms with E-state index in [2.05, 4.69) is 0 Å². The number of hydrogen-bond donors (Lipinski definition) is 5. The number of carboxylic acids is 1. The molecule has 29 heavy (non-hydrogen) atoms. The smallest absolute Gasteiger partial charge is 0.331 e. The van der Waals surface area contributed by atoms with Crippen LogP contribution in [0.25, 0.3) is 0 Å². The predicted octanol–water partition coefficient (Wildman–Crippen LogP) is 1.37. The van der Waals surface area contributed by atoms with Crippen molar-refractivity contribution in [1.29, 1.82) is 0 Å². The minimum Gasteiger partial charge on any atom is -0.508 e. The van der Waals surface area contributed by atoms with E-state index < -0.39 is 30.6 Å². The molecular weight excluding hydrogens is 380 g/mol. The van der Waals surface area contributed by atoms with E-state index in [4.69, 9.17) is 9.47 Å². The summed E-state index contributed by atoms with van der Waals surface area (Å²) in [5, 5.41) is 48.6. The Kier molecular flexibility index (Phi) is 8.21. The Bertz CT molecular complexity index is 755. The molecule has 0 aliphatic carbocycles. The molecule has 1 aromatic carbocycles. The highest BCUT2D eigenvalue weighted by molar-refractivity contribution is 5.86. The maximum atomic E-state index is 11.5. The van der Waals surface area contributed by atoms with Crippen LogP contribution < -0.4 is 4.74 Å². The van der Waals surface area contributed by atoms with Crippen LogP contribution in [0.1, 0.15) is 25.8 Å². The fourth-order valence-electron chi connectivity index (χ4n) is 2.81. The summed E-state index contributed by atoms with van der Waals surface area (Å²) < 4.78 is 10.9. The Hall–Kier alpha value is -2.39. The molecule has 0 bridgehead atoms. The summed E-state index contributed by atoms with van der Waals surface area (Å²) in [5.41, 5.74) is 0.677. The Morgan fingerprint density at radius 3 is 2.66 bits per heavy atom. The second kappa shape index (κ2) is 10.4. The lowest BCUT2D eigenvalue weighted by Crippen LogP contribution is -2.54. The molecule has 0 amide bonds. The van der Waals surface area contributed by atoms with Crippen molar-refractivity contribution >= 4 is 5.97 Å². The quantitative estimate of drug-likeness (QED) is 0.321. The summed E-state index contributed by atoms with van der Waals surface area (Å²) in [6, 6.07) is 4.27. The molecule has 0 spiro atoms. The van der Waals surface area contributed by atoms with Crippen molar-refractivity contribution in [3.63, 3.8) is 0 Å². The van der Waals surface area contributed by atoms with Crippen LogP contribution >= 0.6 is 0 Å². The highest BCUT2D eigenvalue weighted by atomic mass is 16.7. The van der Waals surface area contributed by atoms with Crippen LogP contribution in [0.5, 0.6) is 11.5 Å². The van der Waals surface area contributed by atoms with Crippen LogP contribution in [0.4, 0.5) is 0 Å². The minimum atomic E-state index is -1.47. The lowest BCUT2D eigenvalue weighted by molar-refractivity contribution is -0.242. The first-order chi connectivity index (χ1) is 13.7. The second-order valence-corrected chi connectivity index (χ2v) is 7.28. The summed E-state index contributed by atoms with van der Waals surface area (Å²) in [6.45, 7) is 3.78. The van der Waals surface area contributed by atoms with E-state index >= 15 is 0 Å². The van der Waals surface area contributed by atoms with Gasteiger partial charge in [-0.05, 0) is 37.0 Å². The van der Waals surface area contributed by atoms with E-state index in [0.717, 1.165) is 0 Å². The lowest BCUT2D eigenvalue weighted by atomic mass is 10.0. The maximum absolute atomic E-state index is 11.5. The Morgan fingerprint density at radius 1 is 1.28 bits per heavy atom. The van der Waals surface area contributed by atoms with Gasteiger partial charge in [-0.2, -0.15) is 0 Å². The molecule has 0 unspecified atom stereocenters. The molecule has 160 valence electrons. The molecule has 1 aliphatic rings. The molecule has 0 radical (unpaired) electrons. The van der Waals surface area contributed by atoms with Crippen LogP contribution in [-0.2, 0) is 16.0 Å². The molecule has 1 saturated heterocycles. The molecule has 1 aromatic rings. The number of aliphatic hydroxyl groups is 3. The largest absolute Gasteiger partial charge is 0.508 e. The van der Waals surface area contributed by atoms with Gasteiger partial charge in [-0.3, -0.25) is 0 Å². The lowest BCUT2D eigenvalue weighted by Gasteiger charge is -2.35. The van der Waals surface area contributed by atoms with E-state index in [-0.39, 0.29) is 36.5 Å². The zero-order valence-corrected chi connectivity index (χ0v) is 16.4. The highest BCUT2D eigenvalue weighted by Gasteiger charge is 2.39. The molecule has 0 aromatic heterocycles. The van der Waals surface area contributed by atoms with E-state index in [1.165, 1.54) is 24.3 Å². The third kappa shape index (κ3) is 6.57. The number of aliphatic carboxylic acids is 1. The second-order valence-electron chi connectivity index (χ2n) is 7.28. The summed E-state index contributed by atoms with van der Waals surface area (Å²) in [7, 11) is 0. The average Bonchev–Trinajstić information content (AvgIpc) is 2.66. The molecule has 2 rings (SSSR count). The number of phenols is 1. The van der Waals surface area contributed by atoms with Crippen molar-refractivity contribution in [2.45, 2.75) is 51.3 Å². The fraction of sp³-hybridized carbons (Fsp3) is 0.476. The number of ether oxygens (including phenoxy) is 2. The summed E-state index contributed by atoms with van der Waals surface area (Å²) in [4.78, 5) is 11.5. The predicted molar refractivity (Wildman–Crippen MR) is 105 cm³/mol. The van der Waals surface area contributed by atoms with Gasteiger partial charge in [-0.1, -0.05) is 32.1 Å². The van der Waals surface area contributed by atoms with Crippen molar-refractivity contribution in [1.82, 2.24) is 0 Å². The SMILES string of the molecule is CC(C)/C=C/C/C(=C\Cc1cc(O)ccc1O[C@@H]1OC[C@@H](O)[C@H](O)[C@H]1O)C(=O)O. The van der Waals surface area contributed by atoms with E-state index in [0.29, 0.717) is 11.5 Å². The fourth-order valence-corrected chi connectivity index (χ4v) is 2.81. The van der Waals surface area contributed by atoms with Crippen LogP contribution in [0.15, 0.2) is 42.0 Å². The molecule has 8 heteroatoms. The van der Waals surface area contributed by atoms with Crippen molar-refractivity contribution in [3.05, 3.63) is 47.6 Å². The normalized spacial score (nSPS) is 25.5. The van der Waals surface area contributed by atoms with Gasteiger partial charge in [0.2, 0.25) is 6.29 Å². The van der Waals surface area contributed by atoms with Gasteiger partial charge in [0.05, 0.1) is 6.61 Å². The molecule has 1 aliphatic heterocycles. The van der Waals surface area contributed by atoms with Crippen LogP contribution in [0, 0.1) is 5.92 Å². The molecule has 8 nitrogen and oxygen atoms in total. The Balaban J connectivity index is 2.18. The van der Waals surface area contributed by atoms with E-state index in [1.54, 1.807) is 6.08 Å². The monoisotopic (exact) mass is 408 g/mol. The van der Waals surface area contributed by atoms with Crippen molar-refractivity contribution in [3.8, 4) is 11.5 Å². The molecule has 1 heterocycles. The van der Waals surface area contributed by atoms with Gasteiger partial charge < -0.3 is 35.0 Å². The topological polar surface area (TPSA) is 137 Å². The maximum Gasteiger partial charge on any atom is 0.331 e.